The van der Waals surface area contributed by atoms with Gasteiger partial charge in [-0.3, -0.25) is 14.6 Å². The van der Waals surface area contributed by atoms with Crippen molar-refractivity contribution in [2.45, 2.75) is 6.17 Å². The molecule has 0 aromatic carbocycles. The van der Waals surface area contributed by atoms with Crippen LogP contribution in [0.4, 0.5) is 4.39 Å². The Morgan fingerprint density at radius 1 is 1.11 bits per heavy atom. The molecule has 1 aromatic heterocycles. The molecule has 0 saturated carbocycles. The van der Waals surface area contributed by atoms with Gasteiger partial charge in [0.15, 0.2) is 0 Å². The number of nitrogens with one attached hydrogen (secondary N) is 1. The molecule has 2 heterocycles. The third-order valence-corrected chi connectivity index (χ3v) is 4.89. The van der Waals surface area contributed by atoms with Gasteiger partial charge in [-0.1, -0.05) is 6.07 Å². The van der Waals surface area contributed by atoms with Crippen LogP contribution in [0, 0.1) is 0 Å². The molecule has 1 aliphatic carbocycles. The summed E-state index contributed by atoms with van der Waals surface area (Å²) < 4.78 is 28.0. The molecule has 2 amide bonds. The van der Waals surface area contributed by atoms with E-state index in [1.165, 1.54) is 30.6 Å². The second kappa shape index (κ2) is 8.92. The number of hydrogen-bond donors (Lipinski definition) is 1. The first-order valence-electron chi connectivity index (χ1n) is 8.79. The van der Waals surface area contributed by atoms with Crippen LogP contribution < -0.4 is 4.72 Å². The molecule has 1 fully saturated rings. The number of rotatable bonds is 4. The lowest BCUT2D eigenvalue weighted by Crippen LogP contribution is -2.51. The van der Waals surface area contributed by atoms with Crippen LogP contribution in [-0.4, -0.2) is 69.4 Å². The number of allylic oxidation sites excluding steroid dienone is 3. The van der Waals surface area contributed by atoms with Gasteiger partial charge < -0.3 is 14.5 Å². The van der Waals surface area contributed by atoms with E-state index in [0.29, 0.717) is 37.6 Å². The molecule has 1 aliphatic heterocycles. The summed E-state index contributed by atoms with van der Waals surface area (Å²) in [5, 5.41) is 0. The molecule has 9 heteroatoms. The molecule has 2 atom stereocenters. The number of carbonyl (C=O) groups excluding carboxylic acids is 2. The highest BCUT2D eigenvalue weighted by atomic mass is 32.2. The van der Waals surface area contributed by atoms with Crippen molar-refractivity contribution in [2.24, 2.45) is 0 Å². The van der Waals surface area contributed by atoms with Crippen LogP contribution in [0.5, 0.6) is 0 Å². The van der Waals surface area contributed by atoms with Crippen LogP contribution >= 0.6 is 0 Å². The number of piperazine rings is 1. The average Bonchev–Trinajstić information content (AvgIpc) is 2.88. The third-order valence-electron chi connectivity index (χ3n) is 4.37. The van der Waals surface area contributed by atoms with Crippen molar-refractivity contribution >= 4 is 22.8 Å². The summed E-state index contributed by atoms with van der Waals surface area (Å²) in [5.74, 6) is -0.464. The second-order valence-corrected chi connectivity index (χ2v) is 7.49. The topological polar surface area (TPSA) is 82.6 Å². The van der Waals surface area contributed by atoms with E-state index in [2.05, 4.69) is 9.71 Å². The van der Waals surface area contributed by atoms with E-state index in [1.54, 1.807) is 34.2 Å². The average molecular weight is 404 g/mol. The van der Waals surface area contributed by atoms with Gasteiger partial charge in [-0.2, -0.15) is 0 Å². The van der Waals surface area contributed by atoms with Crippen molar-refractivity contribution in [3.63, 3.8) is 0 Å². The quantitative estimate of drug-likeness (QED) is 0.811. The minimum absolute atomic E-state index is 0.169. The van der Waals surface area contributed by atoms with E-state index in [-0.39, 0.29) is 17.4 Å². The fraction of sp³-hybridized carbons (Fsp3) is 0.316. The summed E-state index contributed by atoms with van der Waals surface area (Å²) in [6, 6.07) is 5.15. The minimum atomic E-state index is -1.47. The molecule has 0 radical (unpaired) electrons. The molecule has 1 saturated heterocycles. The van der Waals surface area contributed by atoms with Crippen LogP contribution in [0.25, 0.3) is 0 Å². The Morgan fingerprint density at radius 2 is 1.79 bits per heavy atom. The standard InChI is InChI=1S/C19H21FN4O3S/c1-28(27)22-16-6-5-14(12-15(20)13-16)18(25)23-8-10-24(11-9-23)19(26)17-4-2-3-7-21-17/h2-7,12-13,15,22H,8-11H2,1H3. The first-order chi connectivity index (χ1) is 13.4. The molecule has 28 heavy (non-hydrogen) atoms. The normalized spacial score (nSPS) is 20.7. The smallest absolute Gasteiger partial charge is 0.272 e. The molecule has 148 valence electrons. The maximum Gasteiger partial charge on any atom is 0.272 e. The van der Waals surface area contributed by atoms with Crippen LogP contribution in [0.1, 0.15) is 10.5 Å². The van der Waals surface area contributed by atoms with Gasteiger partial charge in [0.2, 0.25) is 0 Å². The van der Waals surface area contributed by atoms with E-state index in [0.717, 1.165) is 0 Å². The fourth-order valence-electron chi connectivity index (χ4n) is 3.00. The molecule has 2 unspecified atom stereocenters. The van der Waals surface area contributed by atoms with E-state index in [9.17, 15) is 18.2 Å². The molecule has 7 nitrogen and oxygen atoms in total. The number of amides is 2. The second-order valence-electron chi connectivity index (χ2n) is 6.38. The molecule has 0 bridgehead atoms. The maximum atomic E-state index is 14.1. The van der Waals surface area contributed by atoms with Gasteiger partial charge in [0.25, 0.3) is 11.8 Å². The molecule has 1 N–H and O–H groups in total. The van der Waals surface area contributed by atoms with Crippen molar-refractivity contribution in [3.05, 3.63) is 65.7 Å². The summed E-state index contributed by atoms with van der Waals surface area (Å²) in [4.78, 5) is 32.5. The molecule has 1 aromatic rings. The van der Waals surface area contributed by atoms with Crippen molar-refractivity contribution in [3.8, 4) is 0 Å². The Labute approximate surface area is 165 Å². The Hall–Kier alpha value is -2.81. The van der Waals surface area contributed by atoms with Crippen LogP contribution in [0.2, 0.25) is 0 Å². The molecular weight excluding hydrogens is 383 g/mol. The summed E-state index contributed by atoms with van der Waals surface area (Å²) in [5.41, 5.74) is 0.960. The molecular formula is C19H21FN4O3S. The Kier molecular flexibility index (Phi) is 6.35. The first kappa shape index (κ1) is 19.9. The maximum absolute atomic E-state index is 14.1. The van der Waals surface area contributed by atoms with Crippen LogP contribution in [-0.2, 0) is 15.8 Å². The molecule has 0 spiro atoms. The van der Waals surface area contributed by atoms with Gasteiger partial charge in [0.05, 0.1) is 0 Å². The zero-order valence-corrected chi connectivity index (χ0v) is 16.2. The Morgan fingerprint density at radius 3 is 2.39 bits per heavy atom. The highest BCUT2D eigenvalue weighted by Crippen LogP contribution is 2.16. The van der Waals surface area contributed by atoms with E-state index in [1.807, 2.05) is 0 Å². The molecule has 2 aliphatic rings. The minimum Gasteiger partial charge on any atom is -0.335 e. The van der Waals surface area contributed by atoms with E-state index < -0.39 is 17.2 Å². The zero-order valence-electron chi connectivity index (χ0n) is 15.4. The lowest BCUT2D eigenvalue weighted by Gasteiger charge is -2.34. The summed E-state index contributed by atoms with van der Waals surface area (Å²) in [6.07, 6.45) is 7.09. The Bertz CT molecular complexity index is 861. The van der Waals surface area contributed by atoms with Gasteiger partial charge in [-0.25, -0.2) is 8.60 Å². The van der Waals surface area contributed by atoms with Crippen molar-refractivity contribution in [1.82, 2.24) is 19.5 Å². The third kappa shape index (κ3) is 4.92. The summed E-state index contributed by atoms with van der Waals surface area (Å²) in [6.45, 7) is 1.49. The van der Waals surface area contributed by atoms with Gasteiger partial charge in [-0.15, -0.1) is 0 Å². The van der Waals surface area contributed by atoms with E-state index in [4.69, 9.17) is 0 Å². The lowest BCUT2D eigenvalue weighted by molar-refractivity contribution is -0.128. The predicted octanol–water partition coefficient (Wildman–Crippen LogP) is 0.967. The largest absolute Gasteiger partial charge is 0.335 e. The molecule has 3 rings (SSSR count). The Balaban J connectivity index is 1.61. The van der Waals surface area contributed by atoms with Gasteiger partial charge in [0, 0.05) is 49.9 Å². The first-order valence-corrected chi connectivity index (χ1v) is 10.4. The zero-order chi connectivity index (χ0) is 20.1. The number of aromatic nitrogens is 1. The lowest BCUT2D eigenvalue weighted by atomic mass is 10.1. The highest BCUT2D eigenvalue weighted by Gasteiger charge is 2.27. The van der Waals surface area contributed by atoms with E-state index >= 15 is 0 Å². The van der Waals surface area contributed by atoms with Crippen molar-refractivity contribution < 1.29 is 18.2 Å². The number of halogens is 1. The highest BCUT2D eigenvalue weighted by molar-refractivity contribution is 7.82. The number of carbonyl (C=O) groups is 2. The van der Waals surface area contributed by atoms with Crippen LogP contribution in [0.3, 0.4) is 0 Å². The SMILES string of the molecule is CS(=O)NC1=CC(F)C=C(C(=O)N2CCN(C(=O)c3ccccn3)CC2)C=C1. The number of alkyl halides is 1. The predicted molar refractivity (Wildman–Crippen MR) is 104 cm³/mol. The number of pyridine rings is 1. The van der Waals surface area contributed by atoms with Crippen molar-refractivity contribution in [1.29, 1.82) is 0 Å². The summed E-state index contributed by atoms with van der Waals surface area (Å²) >= 11 is 0. The number of hydrogen-bond acceptors (Lipinski definition) is 4. The van der Waals surface area contributed by atoms with Gasteiger partial charge in [0.1, 0.15) is 22.9 Å². The van der Waals surface area contributed by atoms with Crippen molar-refractivity contribution in [2.75, 3.05) is 32.4 Å². The van der Waals surface area contributed by atoms with Gasteiger partial charge >= 0.3 is 0 Å². The van der Waals surface area contributed by atoms with Crippen LogP contribution in [0.15, 0.2) is 60.0 Å². The fourth-order valence-corrected chi connectivity index (χ4v) is 3.47. The van der Waals surface area contributed by atoms with Gasteiger partial charge in [-0.05, 0) is 36.4 Å². The summed E-state index contributed by atoms with van der Waals surface area (Å²) in [7, 11) is -1.33. The monoisotopic (exact) mass is 404 g/mol. The number of nitrogens with zero attached hydrogens (tertiary/aromatic N) is 3.